The molecule has 0 fully saturated rings. The van der Waals surface area contributed by atoms with E-state index in [1.807, 2.05) is 17.5 Å². The number of hydrogen-bond acceptors (Lipinski definition) is 6. The summed E-state index contributed by atoms with van der Waals surface area (Å²) in [5, 5.41) is 20.4. The SMILES string of the molecule is N=C(c1sc2nc(-c3cccs3)ccc2c1N)N(CC(=O)O)c1cccc(C(F)(F)F)c1. The average Bonchev–Trinajstić information content (AvgIpc) is 3.39. The minimum absolute atomic E-state index is 0.0729. The second-order valence-electron chi connectivity index (χ2n) is 6.75. The third-order valence-corrected chi connectivity index (χ3v) is 6.65. The number of nitrogen functional groups attached to an aromatic ring is 1. The standard InChI is InChI=1S/C21H15F3N4O2S2/c22-21(23,24)11-3-1-4-12(9-11)28(10-16(29)30)19(26)18-17(25)13-6-7-14(27-20(13)32-18)15-5-2-8-31-15/h1-9,26H,10,25H2,(H,29,30). The summed E-state index contributed by atoms with van der Waals surface area (Å²) in [6.07, 6.45) is -4.61. The molecular formula is C21H15F3N4O2S2. The molecule has 4 aromatic rings. The summed E-state index contributed by atoms with van der Waals surface area (Å²) in [6.45, 7) is -0.707. The lowest BCUT2D eigenvalue weighted by atomic mass is 10.1. The largest absolute Gasteiger partial charge is 0.480 e. The number of benzene rings is 1. The highest BCUT2D eigenvalue weighted by Crippen LogP contribution is 2.37. The minimum atomic E-state index is -4.61. The van der Waals surface area contributed by atoms with Crippen LogP contribution in [0.15, 0.2) is 53.9 Å². The topological polar surface area (TPSA) is 103 Å². The number of halogens is 3. The van der Waals surface area contributed by atoms with Crippen LogP contribution in [-0.2, 0) is 11.0 Å². The van der Waals surface area contributed by atoms with Crippen LogP contribution in [0, 0.1) is 5.41 Å². The number of anilines is 2. The van der Waals surface area contributed by atoms with Gasteiger partial charge in [-0.05, 0) is 41.8 Å². The molecule has 4 rings (SSSR count). The molecule has 1 aromatic carbocycles. The van der Waals surface area contributed by atoms with Gasteiger partial charge in [0.05, 0.1) is 26.7 Å². The Balaban J connectivity index is 1.77. The van der Waals surface area contributed by atoms with Crippen molar-refractivity contribution >= 4 is 56.1 Å². The number of aliphatic carboxylic acids is 1. The maximum atomic E-state index is 13.2. The molecule has 4 N–H and O–H groups in total. The fourth-order valence-electron chi connectivity index (χ4n) is 3.14. The summed E-state index contributed by atoms with van der Waals surface area (Å²) in [6, 6.07) is 11.6. The van der Waals surface area contributed by atoms with E-state index in [-0.39, 0.29) is 22.1 Å². The third kappa shape index (κ3) is 4.16. The molecule has 0 saturated carbocycles. The van der Waals surface area contributed by atoms with E-state index in [0.717, 1.165) is 38.9 Å². The Morgan fingerprint density at radius 3 is 2.62 bits per heavy atom. The van der Waals surface area contributed by atoms with Crippen LogP contribution >= 0.6 is 22.7 Å². The normalized spacial score (nSPS) is 11.6. The van der Waals surface area contributed by atoms with Crippen LogP contribution in [0.4, 0.5) is 24.5 Å². The van der Waals surface area contributed by atoms with Gasteiger partial charge in [0.1, 0.15) is 17.2 Å². The Bertz CT molecular complexity index is 1320. The van der Waals surface area contributed by atoms with Crippen molar-refractivity contribution in [2.75, 3.05) is 17.2 Å². The van der Waals surface area contributed by atoms with Crippen molar-refractivity contribution in [3.63, 3.8) is 0 Å². The molecule has 0 atom stereocenters. The van der Waals surface area contributed by atoms with Crippen LogP contribution in [0.1, 0.15) is 10.4 Å². The fraction of sp³-hybridized carbons (Fsp3) is 0.0952. The van der Waals surface area contributed by atoms with Crippen molar-refractivity contribution in [1.29, 1.82) is 5.41 Å². The number of rotatable bonds is 5. The summed E-state index contributed by atoms with van der Waals surface area (Å²) >= 11 is 2.61. The number of fused-ring (bicyclic) bond motifs is 1. The number of carbonyl (C=O) groups is 1. The summed E-state index contributed by atoms with van der Waals surface area (Å²) in [7, 11) is 0. The molecule has 164 valence electrons. The maximum Gasteiger partial charge on any atom is 0.416 e. The van der Waals surface area contributed by atoms with Crippen molar-refractivity contribution in [3.8, 4) is 10.6 Å². The van der Waals surface area contributed by atoms with E-state index in [1.54, 1.807) is 12.1 Å². The van der Waals surface area contributed by atoms with Gasteiger partial charge in [-0.2, -0.15) is 13.2 Å². The molecule has 0 bridgehead atoms. The number of amidine groups is 1. The van der Waals surface area contributed by atoms with Crippen LogP contribution in [0.25, 0.3) is 20.8 Å². The van der Waals surface area contributed by atoms with Crippen LogP contribution in [-0.4, -0.2) is 28.4 Å². The quantitative estimate of drug-likeness (QED) is 0.259. The van der Waals surface area contributed by atoms with Gasteiger partial charge >= 0.3 is 12.1 Å². The first-order chi connectivity index (χ1) is 15.1. The van der Waals surface area contributed by atoms with Gasteiger partial charge in [0, 0.05) is 11.1 Å². The fourth-order valence-corrected chi connectivity index (χ4v) is 4.89. The maximum absolute atomic E-state index is 13.2. The minimum Gasteiger partial charge on any atom is -0.480 e. The third-order valence-electron chi connectivity index (χ3n) is 4.63. The Kier molecular flexibility index (Phi) is 5.61. The summed E-state index contributed by atoms with van der Waals surface area (Å²) in [5.41, 5.74) is 6.17. The number of pyridine rings is 1. The Morgan fingerprint density at radius 2 is 1.97 bits per heavy atom. The predicted octanol–water partition coefficient (Wildman–Crippen LogP) is 5.54. The highest BCUT2D eigenvalue weighted by molar-refractivity contribution is 7.21. The number of nitrogens with two attached hydrogens (primary N) is 1. The highest BCUT2D eigenvalue weighted by Gasteiger charge is 2.32. The molecule has 6 nitrogen and oxygen atoms in total. The molecule has 3 aromatic heterocycles. The first-order valence-corrected chi connectivity index (χ1v) is 10.8. The molecule has 0 aliphatic heterocycles. The molecule has 0 radical (unpaired) electrons. The van der Waals surface area contributed by atoms with Gasteiger partial charge in [0.25, 0.3) is 0 Å². The van der Waals surface area contributed by atoms with Crippen molar-refractivity contribution in [2.45, 2.75) is 6.18 Å². The lowest BCUT2D eigenvalue weighted by molar-refractivity contribution is -0.137. The lowest BCUT2D eigenvalue weighted by Crippen LogP contribution is -2.35. The van der Waals surface area contributed by atoms with Crippen LogP contribution in [0.3, 0.4) is 0 Å². The first kappa shape index (κ1) is 21.8. The number of carboxylic acids is 1. The average molecular weight is 477 g/mol. The van der Waals surface area contributed by atoms with E-state index in [4.69, 9.17) is 11.1 Å². The number of nitrogens with zero attached hydrogens (tertiary/aromatic N) is 2. The predicted molar refractivity (Wildman–Crippen MR) is 121 cm³/mol. The highest BCUT2D eigenvalue weighted by atomic mass is 32.1. The van der Waals surface area contributed by atoms with E-state index in [0.29, 0.717) is 10.2 Å². The molecule has 0 amide bonds. The van der Waals surface area contributed by atoms with Crippen LogP contribution in [0.2, 0.25) is 0 Å². The zero-order valence-electron chi connectivity index (χ0n) is 16.2. The molecule has 0 aliphatic carbocycles. The molecular weight excluding hydrogens is 461 g/mol. The van der Waals surface area contributed by atoms with E-state index in [2.05, 4.69) is 4.98 Å². The Labute approximate surface area is 187 Å². The van der Waals surface area contributed by atoms with Gasteiger partial charge in [-0.1, -0.05) is 12.1 Å². The second kappa shape index (κ2) is 8.24. The van der Waals surface area contributed by atoms with Gasteiger partial charge in [-0.15, -0.1) is 22.7 Å². The van der Waals surface area contributed by atoms with Crippen molar-refractivity contribution in [3.05, 3.63) is 64.4 Å². The van der Waals surface area contributed by atoms with E-state index in [9.17, 15) is 23.1 Å². The summed E-state index contributed by atoms with van der Waals surface area (Å²) in [4.78, 5) is 18.7. The van der Waals surface area contributed by atoms with Gasteiger partial charge in [-0.25, -0.2) is 4.98 Å². The molecule has 32 heavy (non-hydrogen) atoms. The number of carboxylic acid groups (broad SMARTS) is 1. The zero-order chi connectivity index (χ0) is 23.0. The number of alkyl halides is 3. The molecule has 11 heteroatoms. The van der Waals surface area contributed by atoms with Gasteiger partial charge in [0.15, 0.2) is 0 Å². The molecule has 0 unspecified atom stereocenters. The summed E-state index contributed by atoms with van der Waals surface area (Å²) < 4.78 is 39.5. The van der Waals surface area contributed by atoms with Crippen molar-refractivity contribution < 1.29 is 23.1 Å². The molecule has 3 heterocycles. The van der Waals surface area contributed by atoms with Gasteiger partial charge in [0.2, 0.25) is 0 Å². The zero-order valence-corrected chi connectivity index (χ0v) is 17.8. The molecule has 0 saturated heterocycles. The lowest BCUT2D eigenvalue weighted by Gasteiger charge is -2.24. The van der Waals surface area contributed by atoms with E-state index in [1.165, 1.54) is 23.5 Å². The van der Waals surface area contributed by atoms with Crippen LogP contribution < -0.4 is 10.6 Å². The second-order valence-corrected chi connectivity index (χ2v) is 8.69. The number of thiophene rings is 2. The molecule has 0 spiro atoms. The monoisotopic (exact) mass is 476 g/mol. The summed E-state index contributed by atoms with van der Waals surface area (Å²) in [5.74, 6) is -1.62. The van der Waals surface area contributed by atoms with Gasteiger partial charge < -0.3 is 15.7 Å². The van der Waals surface area contributed by atoms with E-state index < -0.39 is 24.3 Å². The molecule has 0 aliphatic rings. The van der Waals surface area contributed by atoms with Gasteiger partial charge in [-0.3, -0.25) is 10.2 Å². The van der Waals surface area contributed by atoms with Crippen molar-refractivity contribution in [2.24, 2.45) is 0 Å². The van der Waals surface area contributed by atoms with Crippen molar-refractivity contribution in [1.82, 2.24) is 4.98 Å². The Hall–Kier alpha value is -3.44. The smallest absolute Gasteiger partial charge is 0.416 e. The van der Waals surface area contributed by atoms with E-state index >= 15 is 0 Å². The first-order valence-electron chi connectivity index (χ1n) is 9.13. The number of hydrogen-bond donors (Lipinski definition) is 3. The van der Waals surface area contributed by atoms with Crippen LogP contribution in [0.5, 0.6) is 0 Å². The number of nitrogens with one attached hydrogen (secondary N) is 1. The Morgan fingerprint density at radius 1 is 1.19 bits per heavy atom. The number of aromatic nitrogens is 1.